The van der Waals surface area contributed by atoms with Crippen LogP contribution in [0.1, 0.15) is 49.3 Å². The molecule has 7 heteroatoms. The second-order valence-electron chi connectivity index (χ2n) is 10.0. The van der Waals surface area contributed by atoms with Gasteiger partial charge in [-0.2, -0.15) is 0 Å². The lowest BCUT2D eigenvalue weighted by Crippen LogP contribution is -2.42. The number of aliphatic hydroxyl groups excluding tert-OH is 1. The van der Waals surface area contributed by atoms with E-state index in [0.717, 1.165) is 24.0 Å². The smallest absolute Gasteiger partial charge is 0.309 e. The molecule has 2 amide bonds. The molecule has 0 unspecified atom stereocenters. The van der Waals surface area contributed by atoms with Gasteiger partial charge in [-0.3, -0.25) is 14.4 Å². The molecule has 39 heavy (non-hydrogen) atoms. The highest BCUT2D eigenvalue weighted by Crippen LogP contribution is 2.23. The van der Waals surface area contributed by atoms with Crippen molar-refractivity contribution in [1.82, 2.24) is 10.2 Å². The van der Waals surface area contributed by atoms with Crippen LogP contribution in [0.2, 0.25) is 0 Å². The van der Waals surface area contributed by atoms with Crippen LogP contribution in [0.3, 0.4) is 0 Å². The molecule has 1 aliphatic heterocycles. The number of carbonyl (C=O) groups excluding carboxylic acids is 3. The largest absolute Gasteiger partial charge is 0.463 e. The molecule has 0 saturated carbocycles. The summed E-state index contributed by atoms with van der Waals surface area (Å²) in [7, 11) is 0. The first kappa shape index (κ1) is 29.8. The zero-order valence-corrected chi connectivity index (χ0v) is 22.5. The number of carbonyl (C=O) groups is 3. The summed E-state index contributed by atoms with van der Waals surface area (Å²) in [4.78, 5) is 41.1. The number of nitrogens with zero attached hydrogens (tertiary/aromatic N) is 1. The van der Waals surface area contributed by atoms with Gasteiger partial charge in [0.25, 0.3) is 0 Å². The lowest BCUT2D eigenvalue weighted by atomic mass is 9.96. The van der Waals surface area contributed by atoms with Crippen molar-refractivity contribution in [1.29, 1.82) is 0 Å². The van der Waals surface area contributed by atoms with Gasteiger partial charge in [0.1, 0.15) is 6.61 Å². The molecule has 1 fully saturated rings. The van der Waals surface area contributed by atoms with Crippen molar-refractivity contribution in [3.63, 3.8) is 0 Å². The van der Waals surface area contributed by atoms with E-state index in [9.17, 15) is 19.5 Å². The zero-order valence-electron chi connectivity index (χ0n) is 22.5. The van der Waals surface area contributed by atoms with Crippen LogP contribution in [0, 0.1) is 11.8 Å². The molecular formula is C32H40N2O5. The Hall–Kier alpha value is -3.71. The fourth-order valence-electron chi connectivity index (χ4n) is 5.01. The second kappa shape index (κ2) is 15.6. The van der Waals surface area contributed by atoms with Gasteiger partial charge in [-0.15, -0.1) is 13.2 Å². The topological polar surface area (TPSA) is 95.9 Å². The van der Waals surface area contributed by atoms with Crippen LogP contribution in [0.4, 0.5) is 0 Å². The van der Waals surface area contributed by atoms with E-state index in [1.807, 2.05) is 60.7 Å². The molecule has 4 atom stereocenters. The Labute approximate surface area is 231 Å². The van der Waals surface area contributed by atoms with Gasteiger partial charge in [0.2, 0.25) is 11.8 Å². The first-order chi connectivity index (χ1) is 19.0. The van der Waals surface area contributed by atoms with Gasteiger partial charge in [-0.25, -0.2) is 0 Å². The Morgan fingerprint density at radius 1 is 1.00 bits per heavy atom. The maximum atomic E-state index is 13.4. The van der Waals surface area contributed by atoms with Crippen LogP contribution < -0.4 is 5.32 Å². The molecule has 2 aromatic rings. The Balaban J connectivity index is 1.69. The maximum Gasteiger partial charge on any atom is 0.309 e. The van der Waals surface area contributed by atoms with Crippen molar-refractivity contribution in [2.45, 2.75) is 50.6 Å². The standard InChI is InChI=1S/C32H40N2O5/c1-3-12-26(21-30(36)34-19-11-18-28(34)22-35)31(37)33-29(25-16-9-6-10-17-25)23-39-32(38)27(13-4-2)20-24-14-7-5-8-15-24/h3-10,14-17,26-29,35H,1-2,11-13,18-23H2,(H,33,37)/t26-,27-,28+,29+/m1/s1. The number of amides is 2. The van der Waals surface area contributed by atoms with E-state index in [4.69, 9.17) is 4.74 Å². The minimum atomic E-state index is -0.622. The van der Waals surface area contributed by atoms with Crippen molar-refractivity contribution < 1.29 is 24.2 Å². The lowest BCUT2D eigenvalue weighted by Gasteiger charge is -2.26. The highest BCUT2D eigenvalue weighted by atomic mass is 16.5. The molecule has 2 N–H and O–H groups in total. The third-order valence-corrected chi connectivity index (χ3v) is 7.17. The third-order valence-electron chi connectivity index (χ3n) is 7.17. The van der Waals surface area contributed by atoms with Crippen molar-refractivity contribution in [2.75, 3.05) is 19.8 Å². The number of allylic oxidation sites excluding steroid dienone is 2. The molecule has 2 aromatic carbocycles. The van der Waals surface area contributed by atoms with Crippen LogP contribution in [-0.4, -0.2) is 53.6 Å². The fourth-order valence-corrected chi connectivity index (χ4v) is 5.01. The number of aliphatic hydroxyl groups is 1. The highest BCUT2D eigenvalue weighted by Gasteiger charge is 2.32. The van der Waals surface area contributed by atoms with Gasteiger partial charge in [-0.1, -0.05) is 72.8 Å². The summed E-state index contributed by atoms with van der Waals surface area (Å²) < 4.78 is 5.75. The molecule has 7 nitrogen and oxygen atoms in total. The predicted molar refractivity (Wildman–Crippen MR) is 151 cm³/mol. The van der Waals surface area contributed by atoms with Gasteiger partial charge >= 0.3 is 5.97 Å². The van der Waals surface area contributed by atoms with E-state index in [1.165, 1.54) is 0 Å². The van der Waals surface area contributed by atoms with Gasteiger partial charge in [-0.05, 0) is 43.2 Å². The van der Waals surface area contributed by atoms with E-state index in [2.05, 4.69) is 18.5 Å². The Morgan fingerprint density at radius 3 is 2.28 bits per heavy atom. The van der Waals surface area contributed by atoms with Gasteiger partial charge in [0.05, 0.1) is 30.5 Å². The zero-order chi connectivity index (χ0) is 28.0. The van der Waals surface area contributed by atoms with Crippen LogP contribution in [0.15, 0.2) is 86.0 Å². The van der Waals surface area contributed by atoms with Crippen LogP contribution >= 0.6 is 0 Å². The predicted octanol–water partition coefficient (Wildman–Crippen LogP) is 4.39. The first-order valence-corrected chi connectivity index (χ1v) is 13.6. The summed E-state index contributed by atoms with van der Waals surface area (Å²) >= 11 is 0. The summed E-state index contributed by atoms with van der Waals surface area (Å²) in [6.45, 7) is 8.02. The van der Waals surface area contributed by atoms with Crippen molar-refractivity contribution >= 4 is 17.8 Å². The molecule has 0 aliphatic carbocycles. The Bertz CT molecular complexity index is 1090. The van der Waals surface area contributed by atoms with E-state index in [-0.39, 0.29) is 49.4 Å². The molecular weight excluding hydrogens is 492 g/mol. The van der Waals surface area contributed by atoms with Crippen LogP contribution in [0.5, 0.6) is 0 Å². The van der Waals surface area contributed by atoms with Crippen LogP contribution in [-0.2, 0) is 25.5 Å². The second-order valence-corrected chi connectivity index (χ2v) is 10.0. The number of esters is 1. The van der Waals surface area contributed by atoms with Crippen LogP contribution in [0.25, 0.3) is 0 Å². The number of nitrogens with one attached hydrogen (secondary N) is 1. The van der Waals surface area contributed by atoms with E-state index in [0.29, 0.717) is 25.8 Å². The van der Waals surface area contributed by atoms with E-state index in [1.54, 1.807) is 17.1 Å². The number of hydrogen-bond donors (Lipinski definition) is 2. The maximum absolute atomic E-state index is 13.4. The molecule has 0 spiro atoms. The van der Waals surface area contributed by atoms with Crippen molar-refractivity contribution in [3.8, 4) is 0 Å². The van der Waals surface area contributed by atoms with Crippen molar-refractivity contribution in [3.05, 3.63) is 97.1 Å². The number of benzene rings is 2. The average molecular weight is 533 g/mol. The van der Waals surface area contributed by atoms with Gasteiger partial charge in [0, 0.05) is 13.0 Å². The minimum absolute atomic E-state index is 0.0220. The number of likely N-dealkylation sites (tertiary alicyclic amines) is 1. The number of ether oxygens (including phenoxy) is 1. The summed E-state index contributed by atoms with van der Waals surface area (Å²) in [5.41, 5.74) is 1.83. The Kier molecular flexibility index (Phi) is 12.0. The third kappa shape index (κ3) is 8.93. The molecule has 3 rings (SSSR count). The molecule has 1 saturated heterocycles. The van der Waals surface area contributed by atoms with Gasteiger partial charge < -0.3 is 20.1 Å². The lowest BCUT2D eigenvalue weighted by molar-refractivity contribution is -0.150. The quantitative estimate of drug-likeness (QED) is 0.262. The number of hydrogen-bond acceptors (Lipinski definition) is 5. The normalized spacial score (nSPS) is 17.1. The summed E-state index contributed by atoms with van der Waals surface area (Å²) in [5, 5.41) is 12.6. The number of rotatable bonds is 15. The Morgan fingerprint density at radius 2 is 1.64 bits per heavy atom. The fraction of sp³-hybridized carbons (Fsp3) is 0.406. The molecule has 0 aromatic heterocycles. The summed E-state index contributed by atoms with van der Waals surface area (Å²) in [6, 6.07) is 18.3. The van der Waals surface area contributed by atoms with E-state index < -0.39 is 12.0 Å². The monoisotopic (exact) mass is 532 g/mol. The van der Waals surface area contributed by atoms with E-state index >= 15 is 0 Å². The van der Waals surface area contributed by atoms with Gasteiger partial charge in [0.15, 0.2) is 0 Å². The average Bonchev–Trinajstić information content (AvgIpc) is 3.45. The molecule has 0 bridgehead atoms. The molecule has 1 aliphatic rings. The van der Waals surface area contributed by atoms with Crippen molar-refractivity contribution in [2.24, 2.45) is 11.8 Å². The molecule has 1 heterocycles. The molecule has 208 valence electrons. The SMILES string of the molecule is C=CC[C@H](CC(=O)N1CCC[C@H]1CO)C(=O)N[C@@H](COC(=O)[C@H](CC=C)Cc1ccccc1)c1ccccc1. The highest BCUT2D eigenvalue weighted by molar-refractivity contribution is 5.86. The summed E-state index contributed by atoms with van der Waals surface area (Å²) in [5.74, 6) is -1.81. The minimum Gasteiger partial charge on any atom is -0.463 e. The molecule has 0 radical (unpaired) electrons. The first-order valence-electron chi connectivity index (χ1n) is 13.6. The summed E-state index contributed by atoms with van der Waals surface area (Å²) in [6.07, 6.45) is 6.31.